The van der Waals surface area contributed by atoms with Crippen molar-refractivity contribution in [2.24, 2.45) is 0 Å². The van der Waals surface area contributed by atoms with Crippen molar-refractivity contribution in [2.75, 3.05) is 26.2 Å². The molecule has 0 amide bonds. The van der Waals surface area contributed by atoms with Gasteiger partial charge in [-0.1, -0.05) is 51.4 Å². The minimum atomic E-state index is -0.971. The number of ether oxygens (including phenoxy) is 2. The number of hydrogen-bond donors (Lipinski definition) is 2. The Hall–Kier alpha value is -0.280. The van der Waals surface area contributed by atoms with E-state index >= 15 is 0 Å². The molecule has 5 rings (SSSR count). The fourth-order valence-electron chi connectivity index (χ4n) is 7.82. The van der Waals surface area contributed by atoms with Crippen molar-refractivity contribution in [3.8, 4) is 0 Å². The second-order valence-corrected chi connectivity index (χ2v) is 12.6. The molecule has 5 fully saturated rings. The zero-order chi connectivity index (χ0) is 24.4. The summed E-state index contributed by atoms with van der Waals surface area (Å²) in [6.07, 6.45) is 17.1. The molecule has 5 heterocycles. The van der Waals surface area contributed by atoms with Crippen LogP contribution in [0.3, 0.4) is 0 Å². The number of hydroxylamine groups is 3. The molecule has 0 saturated carbocycles. The lowest BCUT2D eigenvalue weighted by Gasteiger charge is -2.59. The summed E-state index contributed by atoms with van der Waals surface area (Å²) in [5.41, 5.74) is -1.67. The first kappa shape index (κ1) is 26.3. The summed E-state index contributed by atoms with van der Waals surface area (Å²) in [7, 11) is 0. The maximum atomic E-state index is 13.5. The van der Waals surface area contributed by atoms with Gasteiger partial charge in [-0.25, -0.2) is 0 Å². The third kappa shape index (κ3) is 5.92. The molecule has 7 nitrogen and oxygen atoms in total. The largest absolute Gasteiger partial charge is 0.631 e. The maximum absolute atomic E-state index is 13.5. The topological polar surface area (TPSA) is 85.2 Å². The van der Waals surface area contributed by atoms with E-state index in [9.17, 15) is 15.4 Å². The van der Waals surface area contributed by atoms with Crippen LogP contribution >= 0.6 is 0 Å². The van der Waals surface area contributed by atoms with Gasteiger partial charge in [-0.05, 0) is 57.8 Å². The zero-order valence-electron chi connectivity index (χ0n) is 21.9. The molecule has 7 heteroatoms. The number of rotatable bonds is 0. The SMILES string of the molecule is [O-][N+]12CCC[C@]3(O)CCCCCC[C@@H]4CCN5CCC[C@](O)(CCCCCC[C@H](CC1)O[C@@H]32)[C@@H]5O4. The number of aliphatic hydroxyl groups is 2. The molecule has 2 N–H and O–H groups in total. The molecule has 7 atom stereocenters. The monoisotopic (exact) mass is 494 g/mol. The summed E-state index contributed by atoms with van der Waals surface area (Å²) < 4.78 is 12.6. The van der Waals surface area contributed by atoms with Gasteiger partial charge in [-0.3, -0.25) is 4.90 Å². The molecular formula is C28H50N2O5. The predicted molar refractivity (Wildman–Crippen MR) is 135 cm³/mol. The van der Waals surface area contributed by atoms with Crippen LogP contribution in [0.4, 0.5) is 0 Å². The normalized spacial score (nSPS) is 47.1. The molecule has 1 unspecified atom stereocenters. The Balaban J connectivity index is 1.23. The van der Waals surface area contributed by atoms with Crippen molar-refractivity contribution in [1.29, 1.82) is 0 Å². The first-order chi connectivity index (χ1) is 16.9. The van der Waals surface area contributed by atoms with Gasteiger partial charge in [0, 0.05) is 19.5 Å². The number of piperidine rings is 2. The fourth-order valence-corrected chi connectivity index (χ4v) is 7.82. The Morgan fingerprint density at radius 2 is 1.26 bits per heavy atom. The van der Waals surface area contributed by atoms with Crippen LogP contribution in [0.2, 0.25) is 0 Å². The second-order valence-electron chi connectivity index (χ2n) is 12.6. The van der Waals surface area contributed by atoms with Crippen LogP contribution in [0.25, 0.3) is 0 Å². The van der Waals surface area contributed by atoms with E-state index in [2.05, 4.69) is 4.90 Å². The highest BCUT2D eigenvalue weighted by Gasteiger charge is 2.53. The van der Waals surface area contributed by atoms with Crippen molar-refractivity contribution < 1.29 is 24.3 Å². The highest BCUT2D eigenvalue weighted by molar-refractivity contribution is 4.95. The van der Waals surface area contributed by atoms with Gasteiger partial charge in [-0.15, -0.1) is 0 Å². The number of hydrogen-bond acceptors (Lipinski definition) is 6. The van der Waals surface area contributed by atoms with Gasteiger partial charge in [0.2, 0.25) is 6.23 Å². The third-order valence-corrected chi connectivity index (χ3v) is 9.86. The Morgan fingerprint density at radius 1 is 0.629 bits per heavy atom. The molecule has 0 spiro atoms. The van der Waals surface area contributed by atoms with Crippen LogP contribution in [0.15, 0.2) is 0 Å². The molecule has 0 aromatic carbocycles. The van der Waals surface area contributed by atoms with Crippen molar-refractivity contribution in [3.63, 3.8) is 0 Å². The molecule has 4 bridgehead atoms. The van der Waals surface area contributed by atoms with Gasteiger partial charge in [0.25, 0.3) is 0 Å². The Morgan fingerprint density at radius 3 is 2.03 bits per heavy atom. The molecule has 202 valence electrons. The smallest absolute Gasteiger partial charge is 0.222 e. The predicted octanol–water partition coefficient (Wildman–Crippen LogP) is 4.58. The molecule has 5 aliphatic heterocycles. The van der Waals surface area contributed by atoms with Crippen LogP contribution in [-0.4, -0.2) is 81.8 Å². The number of nitrogens with zero attached hydrogens (tertiary/aromatic N) is 2. The van der Waals surface area contributed by atoms with Gasteiger partial charge >= 0.3 is 0 Å². The molecule has 0 aromatic heterocycles. The van der Waals surface area contributed by atoms with Crippen LogP contribution in [0.1, 0.15) is 116 Å². The summed E-state index contributed by atoms with van der Waals surface area (Å²) in [5.74, 6) is 0. The van der Waals surface area contributed by atoms with E-state index in [0.29, 0.717) is 25.9 Å². The average molecular weight is 495 g/mol. The number of quaternary nitrogens is 1. The Labute approximate surface area is 212 Å². The quantitative estimate of drug-likeness (QED) is 0.379. The van der Waals surface area contributed by atoms with Crippen LogP contribution in [0, 0.1) is 5.21 Å². The van der Waals surface area contributed by atoms with Crippen LogP contribution in [-0.2, 0) is 9.47 Å². The minimum Gasteiger partial charge on any atom is -0.631 e. The zero-order valence-corrected chi connectivity index (χ0v) is 21.9. The highest BCUT2D eigenvalue weighted by Crippen LogP contribution is 2.42. The molecular weight excluding hydrogens is 444 g/mol. The lowest BCUT2D eigenvalue weighted by Crippen LogP contribution is -2.69. The van der Waals surface area contributed by atoms with Crippen molar-refractivity contribution >= 4 is 0 Å². The summed E-state index contributed by atoms with van der Waals surface area (Å²) >= 11 is 0. The summed E-state index contributed by atoms with van der Waals surface area (Å²) in [6, 6.07) is 0. The molecule has 0 aromatic rings. The van der Waals surface area contributed by atoms with Crippen molar-refractivity contribution in [2.45, 2.75) is 151 Å². The fraction of sp³-hybridized carbons (Fsp3) is 1.00. The van der Waals surface area contributed by atoms with Gasteiger partial charge in [0.1, 0.15) is 17.4 Å². The highest BCUT2D eigenvalue weighted by atomic mass is 16.6. The van der Waals surface area contributed by atoms with Gasteiger partial charge < -0.3 is 29.5 Å². The van der Waals surface area contributed by atoms with Gasteiger partial charge in [0.15, 0.2) is 0 Å². The van der Waals surface area contributed by atoms with E-state index in [4.69, 9.17) is 9.47 Å². The van der Waals surface area contributed by atoms with Crippen molar-refractivity contribution in [3.05, 3.63) is 5.21 Å². The molecule has 5 aliphatic rings. The van der Waals surface area contributed by atoms with Crippen LogP contribution in [0.5, 0.6) is 0 Å². The summed E-state index contributed by atoms with van der Waals surface area (Å²) in [6.45, 7) is 3.27. The molecule has 35 heavy (non-hydrogen) atoms. The van der Waals surface area contributed by atoms with E-state index in [0.717, 1.165) is 116 Å². The lowest BCUT2D eigenvalue weighted by molar-refractivity contribution is -0.952. The van der Waals surface area contributed by atoms with E-state index in [1.165, 1.54) is 0 Å². The second kappa shape index (κ2) is 11.2. The van der Waals surface area contributed by atoms with Crippen LogP contribution < -0.4 is 0 Å². The first-order valence-electron chi connectivity index (χ1n) is 15.0. The minimum absolute atomic E-state index is 0.0964. The van der Waals surface area contributed by atoms with E-state index in [1.807, 2.05) is 0 Å². The van der Waals surface area contributed by atoms with Crippen molar-refractivity contribution in [1.82, 2.24) is 4.90 Å². The first-order valence-corrected chi connectivity index (χ1v) is 15.0. The number of fused-ring (bicyclic) bond motifs is 2. The maximum Gasteiger partial charge on any atom is 0.222 e. The van der Waals surface area contributed by atoms with E-state index in [1.54, 1.807) is 0 Å². The molecule has 0 radical (unpaired) electrons. The molecule has 5 saturated heterocycles. The molecule has 0 aliphatic carbocycles. The standard InChI is InChI=1S/C28H50N2O5/c31-27-15-7-3-1-6-12-24-14-22-30(33)21-10-18-28(32,26(30)35-24)16-8-4-2-5-11-23-13-20-29(19-9-17-27)25(27)34-23/h23-26,31-32H,1-22H2/t23-,24-,25+,26+,27-,28-,30?/m1/s1. The van der Waals surface area contributed by atoms with E-state index in [-0.39, 0.29) is 23.1 Å². The Bertz CT molecular complexity index is 696. The Kier molecular flexibility index (Phi) is 8.44. The van der Waals surface area contributed by atoms with Gasteiger partial charge in [-0.2, -0.15) is 0 Å². The van der Waals surface area contributed by atoms with E-state index < -0.39 is 17.4 Å². The lowest BCUT2D eigenvalue weighted by atomic mass is 9.83. The van der Waals surface area contributed by atoms with Gasteiger partial charge in [0.05, 0.1) is 25.3 Å². The summed E-state index contributed by atoms with van der Waals surface area (Å²) in [5, 5.41) is 36.7. The average Bonchev–Trinajstić information content (AvgIpc) is 2.84. The summed E-state index contributed by atoms with van der Waals surface area (Å²) in [4.78, 5) is 2.39. The third-order valence-electron chi connectivity index (χ3n) is 9.86.